The maximum absolute atomic E-state index is 10.9. The van der Waals surface area contributed by atoms with Crippen molar-refractivity contribution in [3.63, 3.8) is 0 Å². The number of nitrogens with one attached hydrogen (secondary N) is 2. The van der Waals surface area contributed by atoms with E-state index in [0.29, 0.717) is 24.8 Å². The molecule has 4 N–H and O–H groups in total. The number of aliphatic imine (C=N–C) groups is 1. The van der Waals surface area contributed by atoms with E-state index in [0.717, 1.165) is 29.0 Å². The van der Waals surface area contributed by atoms with Crippen molar-refractivity contribution >= 4 is 11.9 Å². The van der Waals surface area contributed by atoms with Gasteiger partial charge in [0.2, 0.25) is 0 Å². The first-order chi connectivity index (χ1) is 14.7. The molecule has 7 heteroatoms. The van der Waals surface area contributed by atoms with E-state index in [9.17, 15) is 4.79 Å². The molecule has 0 aliphatic carbocycles. The quantitative estimate of drug-likeness (QED) is 0.422. The van der Waals surface area contributed by atoms with Crippen LogP contribution in [0.1, 0.15) is 44.4 Å². The number of nitrogens with two attached hydrogens (primary N) is 1. The second-order valence-electron chi connectivity index (χ2n) is 8.28. The summed E-state index contributed by atoms with van der Waals surface area (Å²) in [6.07, 6.45) is 0. The van der Waals surface area contributed by atoms with Gasteiger partial charge >= 0.3 is 0 Å². The van der Waals surface area contributed by atoms with Gasteiger partial charge < -0.3 is 25.8 Å². The molecule has 0 saturated carbocycles. The Kier molecular flexibility index (Phi) is 8.73. The van der Waals surface area contributed by atoms with Gasteiger partial charge in [-0.05, 0) is 63.9 Å². The highest BCUT2D eigenvalue weighted by Gasteiger charge is 2.15. The molecule has 2 aromatic carbocycles. The van der Waals surface area contributed by atoms with Crippen molar-refractivity contribution in [1.29, 1.82) is 0 Å². The summed E-state index contributed by atoms with van der Waals surface area (Å²) in [5.74, 6) is 1.66. The average Bonchev–Trinajstić information content (AvgIpc) is 2.69. The Labute approximate surface area is 185 Å². The smallest absolute Gasteiger partial charge is 0.255 e. The number of primary amides is 1. The zero-order valence-corrected chi connectivity index (χ0v) is 19.1. The van der Waals surface area contributed by atoms with Crippen LogP contribution in [-0.4, -0.2) is 30.6 Å². The van der Waals surface area contributed by atoms with Crippen LogP contribution in [0.25, 0.3) is 0 Å². The molecule has 0 atom stereocenters. The number of guanidine groups is 1. The van der Waals surface area contributed by atoms with Crippen molar-refractivity contribution in [2.45, 2.75) is 53.3 Å². The minimum absolute atomic E-state index is 0.146. The summed E-state index contributed by atoms with van der Waals surface area (Å²) in [5, 5.41) is 6.64. The lowest BCUT2D eigenvalue weighted by atomic mass is 10.1. The number of benzene rings is 2. The minimum atomic E-state index is -0.507. The third-order valence-electron chi connectivity index (χ3n) is 4.13. The Morgan fingerprint density at radius 1 is 1.13 bits per heavy atom. The highest BCUT2D eigenvalue weighted by molar-refractivity contribution is 5.79. The third-order valence-corrected chi connectivity index (χ3v) is 4.13. The van der Waals surface area contributed by atoms with Gasteiger partial charge in [-0.2, -0.15) is 0 Å². The van der Waals surface area contributed by atoms with Crippen LogP contribution in [0, 0.1) is 6.92 Å². The van der Waals surface area contributed by atoms with Crippen LogP contribution in [0.2, 0.25) is 0 Å². The highest BCUT2D eigenvalue weighted by Crippen LogP contribution is 2.24. The van der Waals surface area contributed by atoms with Gasteiger partial charge in [0.15, 0.2) is 12.6 Å². The van der Waals surface area contributed by atoms with Crippen LogP contribution in [0.15, 0.2) is 47.5 Å². The maximum atomic E-state index is 10.9. The van der Waals surface area contributed by atoms with E-state index in [-0.39, 0.29) is 12.2 Å². The van der Waals surface area contributed by atoms with Crippen molar-refractivity contribution in [3.05, 3.63) is 59.2 Å². The molecule has 0 radical (unpaired) electrons. The van der Waals surface area contributed by atoms with Gasteiger partial charge in [0.1, 0.15) is 17.1 Å². The number of aryl methyl sites for hydroxylation is 1. The van der Waals surface area contributed by atoms with Crippen LogP contribution in [0.3, 0.4) is 0 Å². The lowest BCUT2D eigenvalue weighted by Crippen LogP contribution is -2.37. The van der Waals surface area contributed by atoms with E-state index in [4.69, 9.17) is 15.2 Å². The van der Waals surface area contributed by atoms with Crippen molar-refractivity contribution in [2.24, 2.45) is 10.7 Å². The molecule has 0 aliphatic heterocycles. The van der Waals surface area contributed by atoms with E-state index in [1.807, 2.05) is 45.9 Å². The Morgan fingerprint density at radius 3 is 2.58 bits per heavy atom. The van der Waals surface area contributed by atoms with Gasteiger partial charge in [-0.25, -0.2) is 4.99 Å². The predicted molar refractivity (Wildman–Crippen MR) is 124 cm³/mol. The number of hydrogen-bond acceptors (Lipinski definition) is 4. The molecule has 0 aromatic heterocycles. The predicted octanol–water partition coefficient (Wildman–Crippen LogP) is 3.29. The molecule has 1 amide bonds. The molecule has 0 unspecified atom stereocenters. The zero-order valence-electron chi connectivity index (χ0n) is 19.1. The number of carbonyl (C=O) groups is 1. The summed E-state index contributed by atoms with van der Waals surface area (Å²) in [5.41, 5.74) is 8.04. The molecule has 0 bridgehead atoms. The summed E-state index contributed by atoms with van der Waals surface area (Å²) < 4.78 is 11.5. The molecule has 7 nitrogen and oxygen atoms in total. The molecule has 168 valence electrons. The lowest BCUT2D eigenvalue weighted by molar-refractivity contribution is -0.119. The second kappa shape index (κ2) is 11.2. The fourth-order valence-electron chi connectivity index (χ4n) is 2.81. The van der Waals surface area contributed by atoms with Gasteiger partial charge in [0.25, 0.3) is 5.91 Å². The Bertz CT molecular complexity index is 904. The first-order valence-corrected chi connectivity index (χ1v) is 10.5. The van der Waals surface area contributed by atoms with Crippen molar-refractivity contribution < 1.29 is 14.3 Å². The largest absolute Gasteiger partial charge is 0.488 e. The van der Waals surface area contributed by atoms with Gasteiger partial charge in [-0.3, -0.25) is 4.79 Å². The molecule has 31 heavy (non-hydrogen) atoms. The number of amides is 1. The van der Waals surface area contributed by atoms with Crippen LogP contribution in [0.5, 0.6) is 11.5 Å². The van der Waals surface area contributed by atoms with Gasteiger partial charge in [0.05, 0.1) is 6.54 Å². The van der Waals surface area contributed by atoms with Gasteiger partial charge in [0, 0.05) is 18.7 Å². The summed E-state index contributed by atoms with van der Waals surface area (Å²) >= 11 is 0. The number of rotatable bonds is 9. The van der Waals surface area contributed by atoms with Crippen molar-refractivity contribution in [1.82, 2.24) is 10.6 Å². The lowest BCUT2D eigenvalue weighted by Gasteiger charge is -2.24. The highest BCUT2D eigenvalue weighted by atomic mass is 16.5. The first-order valence-electron chi connectivity index (χ1n) is 10.5. The maximum Gasteiger partial charge on any atom is 0.255 e. The third kappa shape index (κ3) is 8.99. The molecule has 0 heterocycles. The minimum Gasteiger partial charge on any atom is -0.488 e. The first kappa shape index (κ1) is 24.1. The Balaban J connectivity index is 2.08. The topological polar surface area (TPSA) is 98.0 Å². The number of carbonyl (C=O) groups excluding carboxylic acids is 1. The van der Waals surface area contributed by atoms with E-state index in [1.165, 1.54) is 0 Å². The Morgan fingerprint density at radius 2 is 1.90 bits per heavy atom. The summed E-state index contributed by atoms with van der Waals surface area (Å²) in [6, 6.07) is 13.7. The fraction of sp³-hybridized carbons (Fsp3) is 0.417. The normalized spacial score (nSPS) is 11.7. The summed E-state index contributed by atoms with van der Waals surface area (Å²) in [7, 11) is 0. The zero-order chi connectivity index (χ0) is 22.9. The monoisotopic (exact) mass is 426 g/mol. The molecule has 2 aromatic rings. The number of ether oxygens (including phenoxy) is 2. The molecular weight excluding hydrogens is 392 g/mol. The van der Waals surface area contributed by atoms with E-state index < -0.39 is 5.91 Å². The van der Waals surface area contributed by atoms with E-state index in [1.54, 1.807) is 6.07 Å². The van der Waals surface area contributed by atoms with Crippen molar-refractivity contribution in [3.8, 4) is 11.5 Å². The van der Waals surface area contributed by atoms with E-state index >= 15 is 0 Å². The Hall–Kier alpha value is -3.22. The summed E-state index contributed by atoms with van der Waals surface area (Å²) in [6.45, 7) is 11.8. The van der Waals surface area contributed by atoms with Crippen LogP contribution in [-0.2, 0) is 17.9 Å². The number of hydrogen-bond donors (Lipinski definition) is 3. The van der Waals surface area contributed by atoms with Gasteiger partial charge in [-0.15, -0.1) is 0 Å². The molecule has 0 spiro atoms. The van der Waals surface area contributed by atoms with Crippen LogP contribution >= 0.6 is 0 Å². The summed E-state index contributed by atoms with van der Waals surface area (Å²) in [4.78, 5) is 15.6. The standard InChI is InChI=1S/C24H34N4O3/c1-6-26-23(27-14-18-8-7-9-20(13-18)30-16-22(25)29)28-15-19-11-10-17(2)12-21(19)31-24(3,4)5/h7-13H,6,14-16H2,1-5H3,(H2,25,29)(H2,26,27,28). The molecule has 0 fully saturated rings. The molecule has 2 rings (SSSR count). The van der Waals surface area contributed by atoms with E-state index in [2.05, 4.69) is 40.7 Å². The van der Waals surface area contributed by atoms with Crippen molar-refractivity contribution in [2.75, 3.05) is 13.2 Å². The van der Waals surface area contributed by atoms with Crippen LogP contribution in [0.4, 0.5) is 0 Å². The molecule has 0 aliphatic rings. The molecular formula is C24H34N4O3. The van der Waals surface area contributed by atoms with Crippen LogP contribution < -0.4 is 25.8 Å². The number of nitrogens with zero attached hydrogens (tertiary/aromatic N) is 1. The SMILES string of the molecule is CCNC(=NCc1cccc(OCC(N)=O)c1)NCc1ccc(C)cc1OC(C)(C)C. The average molecular weight is 427 g/mol. The van der Waals surface area contributed by atoms with Gasteiger partial charge in [-0.1, -0.05) is 24.3 Å². The second-order valence-corrected chi connectivity index (χ2v) is 8.28. The fourth-order valence-corrected chi connectivity index (χ4v) is 2.81. The molecule has 0 saturated heterocycles.